The number of urea groups is 1. The van der Waals surface area contributed by atoms with Crippen molar-refractivity contribution in [1.29, 1.82) is 0 Å². The van der Waals surface area contributed by atoms with Crippen LogP contribution in [0.2, 0.25) is 0 Å². The van der Waals surface area contributed by atoms with Gasteiger partial charge in [0.1, 0.15) is 11.2 Å². The molecule has 2 heterocycles. The fraction of sp³-hybridized carbons (Fsp3) is 0.0526. The molecule has 4 rings (SSSR count). The van der Waals surface area contributed by atoms with E-state index in [0.717, 1.165) is 5.56 Å². The highest BCUT2D eigenvalue weighted by molar-refractivity contribution is 5.99. The summed E-state index contributed by atoms with van der Waals surface area (Å²) in [5, 5.41) is 10.0. The summed E-state index contributed by atoms with van der Waals surface area (Å²) in [7, 11) is 0. The van der Waals surface area contributed by atoms with Crippen LogP contribution < -0.4 is 16.2 Å². The molecule has 4 aromatic rings. The molecule has 3 N–H and O–H groups in total. The molecule has 0 aliphatic heterocycles. The van der Waals surface area contributed by atoms with Crippen molar-refractivity contribution >= 4 is 28.4 Å². The molecule has 0 saturated carbocycles. The van der Waals surface area contributed by atoms with Gasteiger partial charge in [-0.3, -0.25) is 9.48 Å². The molecular weight excluding hydrogens is 363 g/mol. The molecule has 0 bridgehead atoms. The third-order valence-corrected chi connectivity index (χ3v) is 4.03. The number of carbonyl (C=O) groups is 1. The molecule has 2 amide bonds. The highest BCUT2D eigenvalue weighted by atomic mass is 19.1. The standard InChI is InChI=1S/C19H15FN6O2/c20-13-3-7-15(8-4-13)24-19(28)23-14-5-1-12(2-6-14)9-26-10-16-17(25-26)21-11-22-18(16)27/h1-8,10-11H,9H2,(H2,23,24,28)(H,21,22,25,27). The van der Waals surface area contributed by atoms with E-state index in [0.29, 0.717) is 29.0 Å². The van der Waals surface area contributed by atoms with Crippen LogP contribution in [0.5, 0.6) is 0 Å². The van der Waals surface area contributed by atoms with Crippen LogP contribution >= 0.6 is 0 Å². The second-order valence-corrected chi connectivity index (χ2v) is 6.08. The van der Waals surface area contributed by atoms with Crippen molar-refractivity contribution in [3.05, 3.63) is 82.8 Å². The van der Waals surface area contributed by atoms with Crippen molar-refractivity contribution in [3.63, 3.8) is 0 Å². The molecule has 0 saturated heterocycles. The minimum Gasteiger partial charge on any atom is -0.312 e. The number of hydrogen-bond acceptors (Lipinski definition) is 4. The predicted molar refractivity (Wildman–Crippen MR) is 103 cm³/mol. The number of nitrogens with one attached hydrogen (secondary N) is 3. The van der Waals surface area contributed by atoms with Crippen LogP contribution in [0, 0.1) is 5.82 Å². The number of carbonyl (C=O) groups excluding carboxylic acids is 1. The number of aromatic nitrogens is 4. The van der Waals surface area contributed by atoms with Crippen LogP contribution in [0.3, 0.4) is 0 Å². The highest BCUT2D eigenvalue weighted by Gasteiger charge is 2.07. The Kier molecular flexibility index (Phi) is 4.55. The second kappa shape index (κ2) is 7.31. The summed E-state index contributed by atoms with van der Waals surface area (Å²) < 4.78 is 14.5. The van der Waals surface area contributed by atoms with Crippen molar-refractivity contribution in [2.45, 2.75) is 6.54 Å². The third kappa shape index (κ3) is 3.88. The van der Waals surface area contributed by atoms with Gasteiger partial charge < -0.3 is 15.6 Å². The van der Waals surface area contributed by atoms with Crippen molar-refractivity contribution < 1.29 is 9.18 Å². The molecule has 2 aromatic carbocycles. The number of amides is 2. The van der Waals surface area contributed by atoms with Gasteiger partial charge in [-0.25, -0.2) is 14.2 Å². The number of anilines is 2. The van der Waals surface area contributed by atoms with Gasteiger partial charge in [-0.2, -0.15) is 5.10 Å². The first-order valence-corrected chi connectivity index (χ1v) is 8.40. The molecule has 0 fully saturated rings. The van der Waals surface area contributed by atoms with Crippen LogP contribution in [0.25, 0.3) is 11.0 Å². The molecule has 8 nitrogen and oxygen atoms in total. The van der Waals surface area contributed by atoms with Crippen molar-refractivity contribution in [2.24, 2.45) is 0 Å². The highest BCUT2D eigenvalue weighted by Crippen LogP contribution is 2.13. The van der Waals surface area contributed by atoms with Gasteiger partial charge in [-0.1, -0.05) is 12.1 Å². The average molecular weight is 378 g/mol. The van der Waals surface area contributed by atoms with Crippen LogP contribution in [0.15, 0.2) is 65.8 Å². The predicted octanol–water partition coefficient (Wildman–Crippen LogP) is 2.95. The zero-order valence-electron chi connectivity index (χ0n) is 14.5. The minimum atomic E-state index is -0.428. The lowest BCUT2D eigenvalue weighted by molar-refractivity contribution is 0.262. The Hall–Kier alpha value is -4.01. The molecule has 2 aromatic heterocycles. The topological polar surface area (TPSA) is 105 Å². The molecular formula is C19H15FN6O2. The smallest absolute Gasteiger partial charge is 0.312 e. The van der Waals surface area contributed by atoms with Gasteiger partial charge in [0.25, 0.3) is 5.56 Å². The Labute approximate surface area is 158 Å². The summed E-state index contributed by atoms with van der Waals surface area (Å²) in [6.07, 6.45) is 2.96. The quantitative estimate of drug-likeness (QED) is 0.508. The summed E-state index contributed by atoms with van der Waals surface area (Å²) >= 11 is 0. The van der Waals surface area contributed by atoms with E-state index in [1.165, 1.54) is 30.6 Å². The van der Waals surface area contributed by atoms with Crippen LogP contribution in [0.4, 0.5) is 20.6 Å². The zero-order chi connectivity index (χ0) is 19.5. The molecule has 0 unspecified atom stereocenters. The molecule has 0 spiro atoms. The molecule has 0 atom stereocenters. The maximum absolute atomic E-state index is 12.9. The Morgan fingerprint density at radius 1 is 1.04 bits per heavy atom. The van der Waals surface area contributed by atoms with E-state index in [4.69, 9.17) is 0 Å². The minimum absolute atomic E-state index is 0.233. The second-order valence-electron chi connectivity index (χ2n) is 6.08. The van der Waals surface area contributed by atoms with Gasteiger partial charge in [0.05, 0.1) is 12.9 Å². The number of aromatic amines is 1. The molecule has 9 heteroatoms. The van der Waals surface area contributed by atoms with Gasteiger partial charge >= 0.3 is 6.03 Å². The number of nitrogens with zero attached hydrogens (tertiary/aromatic N) is 3. The lowest BCUT2D eigenvalue weighted by Crippen LogP contribution is -2.19. The lowest BCUT2D eigenvalue weighted by atomic mass is 10.2. The fourth-order valence-corrected chi connectivity index (χ4v) is 2.68. The first kappa shape index (κ1) is 17.4. The van der Waals surface area contributed by atoms with Gasteiger partial charge in [0.15, 0.2) is 5.65 Å². The van der Waals surface area contributed by atoms with E-state index in [9.17, 15) is 14.0 Å². The number of hydrogen-bond donors (Lipinski definition) is 3. The fourth-order valence-electron chi connectivity index (χ4n) is 2.68. The summed E-state index contributed by atoms with van der Waals surface area (Å²) in [4.78, 5) is 30.3. The van der Waals surface area contributed by atoms with Crippen molar-refractivity contribution in [1.82, 2.24) is 19.7 Å². The van der Waals surface area contributed by atoms with Crippen LogP contribution in [-0.2, 0) is 6.54 Å². The maximum atomic E-state index is 12.9. The maximum Gasteiger partial charge on any atom is 0.323 e. The summed E-state index contributed by atoms with van der Waals surface area (Å²) in [5.41, 5.74) is 2.19. The third-order valence-electron chi connectivity index (χ3n) is 4.03. The van der Waals surface area contributed by atoms with Gasteiger partial charge in [-0.15, -0.1) is 0 Å². The van der Waals surface area contributed by atoms with E-state index in [-0.39, 0.29) is 11.4 Å². The van der Waals surface area contributed by atoms with E-state index in [1.54, 1.807) is 23.0 Å². The summed E-state index contributed by atoms with van der Waals surface area (Å²) in [6.45, 7) is 0.456. The number of rotatable bonds is 4. The first-order valence-electron chi connectivity index (χ1n) is 8.40. The van der Waals surface area contributed by atoms with Crippen LogP contribution in [-0.4, -0.2) is 25.8 Å². The van der Waals surface area contributed by atoms with E-state index in [1.807, 2.05) is 12.1 Å². The van der Waals surface area contributed by atoms with Gasteiger partial charge in [-0.05, 0) is 42.0 Å². The molecule has 28 heavy (non-hydrogen) atoms. The average Bonchev–Trinajstić information content (AvgIpc) is 3.09. The molecule has 140 valence electrons. The SMILES string of the molecule is O=C(Nc1ccc(F)cc1)Nc1ccc(Cn2cc3c(=O)[nH]cnc3n2)cc1. The molecule has 0 radical (unpaired) electrons. The number of H-pyrrole nitrogens is 1. The Morgan fingerprint density at radius 3 is 2.32 bits per heavy atom. The monoisotopic (exact) mass is 378 g/mol. The van der Waals surface area contributed by atoms with E-state index < -0.39 is 6.03 Å². The van der Waals surface area contributed by atoms with Gasteiger partial charge in [0.2, 0.25) is 0 Å². The number of fused-ring (bicyclic) bond motifs is 1. The van der Waals surface area contributed by atoms with E-state index in [2.05, 4.69) is 25.7 Å². The van der Waals surface area contributed by atoms with Crippen molar-refractivity contribution in [2.75, 3.05) is 10.6 Å². The van der Waals surface area contributed by atoms with Crippen molar-refractivity contribution in [3.8, 4) is 0 Å². The Bertz CT molecular complexity index is 1180. The molecule has 0 aliphatic carbocycles. The summed E-state index contributed by atoms with van der Waals surface area (Å²) in [5.74, 6) is -0.369. The molecule has 0 aliphatic rings. The first-order chi connectivity index (χ1) is 13.6. The Morgan fingerprint density at radius 2 is 1.68 bits per heavy atom. The van der Waals surface area contributed by atoms with Gasteiger partial charge in [0, 0.05) is 17.6 Å². The van der Waals surface area contributed by atoms with E-state index >= 15 is 0 Å². The number of benzene rings is 2. The number of halogens is 1. The zero-order valence-corrected chi connectivity index (χ0v) is 14.5. The largest absolute Gasteiger partial charge is 0.323 e. The van der Waals surface area contributed by atoms with Crippen LogP contribution in [0.1, 0.15) is 5.56 Å². The summed E-state index contributed by atoms with van der Waals surface area (Å²) in [6, 6.07) is 12.3. The lowest BCUT2D eigenvalue weighted by Gasteiger charge is -2.08. The Balaban J connectivity index is 1.40. The normalized spacial score (nSPS) is 10.8.